The molecule has 4 heteroatoms. The van der Waals surface area contributed by atoms with Gasteiger partial charge in [-0.25, -0.2) is 0 Å². The highest BCUT2D eigenvalue weighted by atomic mass is 16.4. The molecule has 0 radical (unpaired) electrons. The van der Waals surface area contributed by atoms with E-state index in [1.807, 2.05) is 13.8 Å². The molecule has 1 amide bonds. The summed E-state index contributed by atoms with van der Waals surface area (Å²) in [5.41, 5.74) is 0. The molecule has 0 saturated carbocycles. The molecular weight excluding hydrogens is 230 g/mol. The average molecular weight is 253 g/mol. The molecule has 0 aromatic rings. The number of rotatable bonds is 6. The number of carbonyl (C=O) groups is 2. The van der Waals surface area contributed by atoms with Crippen LogP contribution in [0.2, 0.25) is 0 Å². The molecule has 102 valence electrons. The molecule has 0 aromatic heterocycles. The van der Waals surface area contributed by atoms with Gasteiger partial charge in [0.05, 0.1) is 6.42 Å². The van der Waals surface area contributed by atoms with Gasteiger partial charge < -0.3 is 10.0 Å². The highest BCUT2D eigenvalue weighted by Crippen LogP contribution is 2.21. The van der Waals surface area contributed by atoms with Crippen LogP contribution in [0.1, 0.15) is 39.5 Å². The number of amides is 1. The molecule has 1 unspecified atom stereocenters. The molecule has 0 heterocycles. The van der Waals surface area contributed by atoms with Gasteiger partial charge in [-0.2, -0.15) is 0 Å². The minimum atomic E-state index is -0.847. The lowest BCUT2D eigenvalue weighted by molar-refractivity contribution is -0.140. The van der Waals surface area contributed by atoms with Crippen LogP contribution in [-0.2, 0) is 9.59 Å². The second-order valence-corrected chi connectivity index (χ2v) is 5.30. The van der Waals surface area contributed by atoms with Gasteiger partial charge >= 0.3 is 5.97 Å². The van der Waals surface area contributed by atoms with Crippen LogP contribution in [0.5, 0.6) is 0 Å². The van der Waals surface area contributed by atoms with E-state index in [1.165, 1.54) is 0 Å². The first-order valence-electron chi connectivity index (χ1n) is 6.66. The molecule has 1 aliphatic rings. The predicted molar refractivity (Wildman–Crippen MR) is 70.2 cm³/mol. The number of allylic oxidation sites excluding steroid dienone is 2. The quantitative estimate of drug-likeness (QED) is 0.739. The summed E-state index contributed by atoms with van der Waals surface area (Å²) in [6, 6.07) is 0. The summed E-state index contributed by atoms with van der Waals surface area (Å²) in [5.74, 6) is -0.321. The molecule has 1 atom stereocenters. The Morgan fingerprint density at radius 1 is 1.39 bits per heavy atom. The Bertz CT molecular complexity index is 323. The SMILES string of the molecule is CC(C)CN(CCC(=O)O)C(=O)C1CC=CCC1. The van der Waals surface area contributed by atoms with Gasteiger partial charge in [0.1, 0.15) is 0 Å². The van der Waals surface area contributed by atoms with Gasteiger partial charge in [-0.3, -0.25) is 9.59 Å². The van der Waals surface area contributed by atoms with Gasteiger partial charge in [-0.1, -0.05) is 26.0 Å². The molecule has 1 aliphatic carbocycles. The molecule has 18 heavy (non-hydrogen) atoms. The molecule has 0 spiro atoms. The van der Waals surface area contributed by atoms with Crippen molar-refractivity contribution in [2.45, 2.75) is 39.5 Å². The van der Waals surface area contributed by atoms with Crippen molar-refractivity contribution in [3.63, 3.8) is 0 Å². The van der Waals surface area contributed by atoms with Crippen LogP contribution in [0, 0.1) is 11.8 Å². The lowest BCUT2D eigenvalue weighted by Gasteiger charge is -2.29. The van der Waals surface area contributed by atoms with Crippen LogP contribution in [-0.4, -0.2) is 35.0 Å². The first-order chi connectivity index (χ1) is 8.50. The van der Waals surface area contributed by atoms with Crippen LogP contribution in [0.25, 0.3) is 0 Å². The van der Waals surface area contributed by atoms with Crippen molar-refractivity contribution in [3.8, 4) is 0 Å². The zero-order valence-corrected chi connectivity index (χ0v) is 11.3. The van der Waals surface area contributed by atoms with Gasteiger partial charge in [0.2, 0.25) is 5.91 Å². The average Bonchev–Trinajstić information content (AvgIpc) is 2.34. The Kier molecular flexibility index (Phi) is 5.89. The van der Waals surface area contributed by atoms with Crippen molar-refractivity contribution in [2.75, 3.05) is 13.1 Å². The van der Waals surface area contributed by atoms with Crippen LogP contribution in [0.3, 0.4) is 0 Å². The Labute approximate surface area is 109 Å². The lowest BCUT2D eigenvalue weighted by Crippen LogP contribution is -2.40. The smallest absolute Gasteiger partial charge is 0.305 e. The van der Waals surface area contributed by atoms with Crippen LogP contribution >= 0.6 is 0 Å². The van der Waals surface area contributed by atoms with Crippen LogP contribution in [0.15, 0.2) is 12.2 Å². The lowest BCUT2D eigenvalue weighted by atomic mass is 9.92. The summed E-state index contributed by atoms with van der Waals surface area (Å²) in [7, 11) is 0. The fourth-order valence-electron chi connectivity index (χ4n) is 2.24. The van der Waals surface area contributed by atoms with E-state index < -0.39 is 5.97 Å². The van der Waals surface area contributed by atoms with Crippen LogP contribution < -0.4 is 0 Å². The van der Waals surface area contributed by atoms with E-state index in [2.05, 4.69) is 12.2 Å². The third-order valence-electron chi connectivity index (χ3n) is 3.11. The first kappa shape index (κ1) is 14.7. The summed E-state index contributed by atoms with van der Waals surface area (Å²) in [4.78, 5) is 24.7. The van der Waals surface area contributed by atoms with E-state index in [1.54, 1.807) is 4.90 Å². The zero-order chi connectivity index (χ0) is 13.5. The van der Waals surface area contributed by atoms with E-state index in [9.17, 15) is 9.59 Å². The Hall–Kier alpha value is -1.32. The number of carboxylic acid groups (broad SMARTS) is 1. The number of carboxylic acids is 1. The normalized spacial score (nSPS) is 18.9. The topological polar surface area (TPSA) is 57.6 Å². The number of aliphatic carboxylic acids is 1. The fraction of sp³-hybridized carbons (Fsp3) is 0.714. The molecule has 0 aromatic carbocycles. The van der Waals surface area contributed by atoms with Crippen LogP contribution in [0.4, 0.5) is 0 Å². The molecule has 0 fully saturated rings. The van der Waals surface area contributed by atoms with Crippen molar-refractivity contribution in [1.29, 1.82) is 0 Å². The summed E-state index contributed by atoms with van der Waals surface area (Å²) in [6.45, 7) is 5.06. The Morgan fingerprint density at radius 2 is 2.11 bits per heavy atom. The molecule has 1 rings (SSSR count). The number of hydrogen-bond acceptors (Lipinski definition) is 2. The largest absolute Gasteiger partial charge is 0.481 e. The van der Waals surface area contributed by atoms with E-state index in [0.717, 1.165) is 19.3 Å². The van der Waals surface area contributed by atoms with Crippen molar-refractivity contribution in [2.24, 2.45) is 11.8 Å². The summed E-state index contributed by atoms with van der Waals surface area (Å²) in [6.07, 6.45) is 6.81. The van der Waals surface area contributed by atoms with E-state index in [4.69, 9.17) is 5.11 Å². The summed E-state index contributed by atoms with van der Waals surface area (Å²) in [5, 5.41) is 8.74. The highest BCUT2D eigenvalue weighted by molar-refractivity contribution is 5.79. The third kappa shape index (κ3) is 4.90. The maximum Gasteiger partial charge on any atom is 0.305 e. The van der Waals surface area contributed by atoms with Crippen molar-refractivity contribution >= 4 is 11.9 Å². The molecule has 0 saturated heterocycles. The van der Waals surface area contributed by atoms with E-state index in [0.29, 0.717) is 19.0 Å². The monoisotopic (exact) mass is 253 g/mol. The minimum absolute atomic E-state index is 0.0288. The zero-order valence-electron chi connectivity index (χ0n) is 11.3. The third-order valence-corrected chi connectivity index (χ3v) is 3.11. The summed E-state index contributed by atoms with van der Waals surface area (Å²) >= 11 is 0. The molecule has 0 bridgehead atoms. The number of nitrogens with zero attached hydrogens (tertiary/aromatic N) is 1. The van der Waals surface area contributed by atoms with Gasteiger partial charge in [-0.15, -0.1) is 0 Å². The van der Waals surface area contributed by atoms with Crippen molar-refractivity contribution in [1.82, 2.24) is 4.90 Å². The Morgan fingerprint density at radius 3 is 2.61 bits per heavy atom. The van der Waals surface area contributed by atoms with Gasteiger partial charge in [0, 0.05) is 19.0 Å². The highest BCUT2D eigenvalue weighted by Gasteiger charge is 2.25. The maximum absolute atomic E-state index is 12.3. The van der Waals surface area contributed by atoms with Crippen molar-refractivity contribution in [3.05, 3.63) is 12.2 Å². The van der Waals surface area contributed by atoms with E-state index in [-0.39, 0.29) is 18.2 Å². The molecular formula is C14H23NO3. The second kappa shape index (κ2) is 7.19. The number of hydrogen-bond donors (Lipinski definition) is 1. The minimum Gasteiger partial charge on any atom is -0.481 e. The van der Waals surface area contributed by atoms with Gasteiger partial charge in [0.15, 0.2) is 0 Å². The predicted octanol–water partition coefficient (Wildman–Crippen LogP) is 2.30. The standard InChI is InChI=1S/C14H23NO3/c1-11(2)10-15(9-8-13(16)17)14(18)12-6-4-3-5-7-12/h3-4,11-12H,5-10H2,1-2H3,(H,16,17). The molecule has 0 aliphatic heterocycles. The summed E-state index contributed by atoms with van der Waals surface area (Å²) < 4.78 is 0. The fourth-order valence-corrected chi connectivity index (χ4v) is 2.24. The van der Waals surface area contributed by atoms with E-state index >= 15 is 0 Å². The maximum atomic E-state index is 12.3. The second-order valence-electron chi connectivity index (χ2n) is 5.30. The van der Waals surface area contributed by atoms with Gasteiger partial charge in [0.25, 0.3) is 0 Å². The molecule has 1 N–H and O–H groups in total. The number of carbonyl (C=O) groups excluding carboxylic acids is 1. The molecule has 4 nitrogen and oxygen atoms in total. The Balaban J connectivity index is 2.59. The van der Waals surface area contributed by atoms with Crippen molar-refractivity contribution < 1.29 is 14.7 Å². The van der Waals surface area contributed by atoms with Gasteiger partial charge in [-0.05, 0) is 25.2 Å². The first-order valence-corrected chi connectivity index (χ1v) is 6.66.